The van der Waals surface area contributed by atoms with Crippen LogP contribution in [0.25, 0.3) is 11.2 Å². The van der Waals surface area contributed by atoms with Gasteiger partial charge in [0.05, 0.1) is 44.1 Å². The number of anilines is 2. The summed E-state index contributed by atoms with van der Waals surface area (Å²) in [6.45, 7) is 17.8. The van der Waals surface area contributed by atoms with Crippen molar-refractivity contribution in [2.45, 2.75) is 182 Å². The minimum Gasteiger partial charge on any atom is -0.458 e. The predicted octanol–water partition coefficient (Wildman–Crippen LogP) is 5.48. The topological polar surface area (TPSA) is 332 Å². The van der Waals surface area contributed by atoms with E-state index in [2.05, 4.69) is 41.6 Å². The molecule has 4 heterocycles. The predicted molar refractivity (Wildman–Crippen MR) is 296 cm³/mol. The summed E-state index contributed by atoms with van der Waals surface area (Å²) in [5.74, 6) is -2.56. The third kappa shape index (κ3) is 18.7. The van der Waals surface area contributed by atoms with Gasteiger partial charge >= 0.3 is 11.7 Å². The number of ketones is 1. The maximum absolute atomic E-state index is 13.6. The number of aliphatic hydroxyl groups is 1. The second-order valence-electron chi connectivity index (χ2n) is 21.1. The first-order chi connectivity index (χ1) is 38.4. The zero-order valence-corrected chi connectivity index (χ0v) is 48.0. The van der Waals surface area contributed by atoms with Crippen molar-refractivity contribution in [1.29, 1.82) is 6.69 Å². The third-order valence-electron chi connectivity index (χ3n) is 12.4. The summed E-state index contributed by atoms with van der Waals surface area (Å²) < 4.78 is 42.0. The maximum Gasteiger partial charge on any atom is 0.330 e. The van der Waals surface area contributed by atoms with E-state index in [-0.39, 0.29) is 116 Å². The SMILES string of the molecule is [2H]OC[C@H]1O[C@@H](n2ccc(=O)[nH]c2=O)[C@@H](OCCCCCCCC(=O)CC[C@@H](NC(=O)c2ccc(N(Cc3cnc4nc(NC(=O)C(C)C)[nH]c(=O)c4n3)C(C)=O)cc2)C(=O)OC(C)(C)C)C1OP(OCCC#N)N(C(C)C)C(C)C. The van der Waals surface area contributed by atoms with E-state index in [1.54, 1.807) is 46.8 Å². The fourth-order valence-electron chi connectivity index (χ4n) is 8.55. The summed E-state index contributed by atoms with van der Waals surface area (Å²) in [6, 6.07) is 8.11. The van der Waals surface area contributed by atoms with Crippen molar-refractivity contribution in [3.8, 4) is 6.07 Å². The van der Waals surface area contributed by atoms with Crippen LogP contribution in [0, 0.1) is 17.2 Å². The number of aromatic nitrogens is 6. The lowest BCUT2D eigenvalue weighted by Crippen LogP contribution is -2.44. The normalized spacial score (nSPS) is 17.3. The van der Waals surface area contributed by atoms with Gasteiger partial charge in [-0.2, -0.15) is 10.2 Å². The largest absolute Gasteiger partial charge is 0.458 e. The number of unbranched alkanes of at least 4 members (excludes halogenated alkanes) is 4. The summed E-state index contributed by atoms with van der Waals surface area (Å²) >= 11 is 0. The van der Waals surface area contributed by atoms with E-state index in [1.807, 2.05) is 32.4 Å². The number of benzene rings is 1. The highest BCUT2D eigenvalue weighted by Gasteiger charge is 2.50. The quantitative estimate of drug-likeness (QED) is 0.0237. The van der Waals surface area contributed by atoms with E-state index in [4.69, 9.17) is 29.8 Å². The summed E-state index contributed by atoms with van der Waals surface area (Å²) in [7, 11) is -1.81. The number of H-pyrrole nitrogens is 2. The van der Waals surface area contributed by atoms with Crippen LogP contribution < -0.4 is 32.3 Å². The molecule has 2 unspecified atom stereocenters. The highest BCUT2D eigenvalue weighted by atomic mass is 31.2. The first-order valence-electron chi connectivity index (χ1n) is 27.2. The van der Waals surface area contributed by atoms with Gasteiger partial charge in [0, 0.05) is 67.9 Å². The Labute approximate surface area is 467 Å². The fraction of sp³-hybridized carbons (Fsp3) is 0.593. The molecule has 80 heavy (non-hydrogen) atoms. The van der Waals surface area contributed by atoms with E-state index in [1.165, 1.54) is 47.0 Å². The Hall–Kier alpha value is -6.65. The van der Waals surface area contributed by atoms with Gasteiger partial charge in [-0.15, -0.1) is 0 Å². The molecule has 1 saturated heterocycles. The van der Waals surface area contributed by atoms with Crippen LogP contribution in [-0.2, 0) is 49.0 Å². The maximum atomic E-state index is 13.6. The Morgan fingerprint density at radius 2 is 1.64 bits per heavy atom. The standard InChI is InChI=1S/C54H76N11O14P/c1-32(2)47(70)61-52-60-46-43(49(72)62-52)57-37(29-56-46)30-64(35(7)67)38-20-18-36(19-21-38)48(71)58-40(51(73)78-54(8,9)10)23-22-39(68)17-14-12-11-13-15-27-75-45-44(79-80(76-28-16-25-55)65(33(3)4)34(5)6)41(31-66)77-50(45)63-26-24-42(69)59-53(63)74/h18-21,24,26,29,32-34,40-41,44-45,50,66H,11-17,22-23,27-28,30-31H2,1-10H3,(H,58,71)(H,59,69,74)(H2,56,60,61,62,70,72)/t40-,41-,44?,45+,50-,80?/m1/s1/i66D. The highest BCUT2D eigenvalue weighted by molar-refractivity contribution is 7.44. The molecule has 3 amide bonds. The van der Waals surface area contributed by atoms with Gasteiger partial charge in [0.25, 0.3) is 25.6 Å². The molecule has 1 fully saturated rings. The number of carbonyl (C=O) groups is 5. The van der Waals surface area contributed by atoms with Crippen molar-refractivity contribution < 1.29 is 52.3 Å². The van der Waals surface area contributed by atoms with Gasteiger partial charge in [0.2, 0.25) is 19.2 Å². The lowest BCUT2D eigenvalue weighted by Gasteiger charge is -2.38. The number of nitrogens with one attached hydrogen (secondary N) is 4. The summed E-state index contributed by atoms with van der Waals surface area (Å²) in [5.41, 5.74) is -2.12. The molecule has 0 bridgehead atoms. The second-order valence-corrected chi connectivity index (χ2v) is 22.5. The van der Waals surface area contributed by atoms with E-state index < -0.39 is 73.4 Å². The number of hydrogen-bond acceptors (Lipinski definition) is 19. The summed E-state index contributed by atoms with van der Waals surface area (Å²) in [6.07, 6.45) is 2.59. The first-order valence-corrected chi connectivity index (χ1v) is 28.0. The van der Waals surface area contributed by atoms with Crippen molar-refractivity contribution in [2.75, 3.05) is 30.0 Å². The molecular weight excluding hydrogens is 1060 g/mol. The van der Waals surface area contributed by atoms with Gasteiger partial charge in [-0.3, -0.25) is 48.6 Å². The van der Waals surface area contributed by atoms with Crippen LogP contribution in [0.3, 0.4) is 0 Å². The first kappa shape index (κ1) is 62.5. The molecule has 1 aromatic carbocycles. The molecule has 6 atom stereocenters. The molecule has 1 aliphatic rings. The molecule has 0 saturated carbocycles. The van der Waals surface area contributed by atoms with Crippen LogP contribution in [-0.4, -0.2) is 132 Å². The fourth-order valence-corrected chi connectivity index (χ4v) is 10.3. The summed E-state index contributed by atoms with van der Waals surface area (Å²) in [4.78, 5) is 122. The molecule has 0 aliphatic carbocycles. The number of nitriles is 1. The Morgan fingerprint density at radius 1 is 0.938 bits per heavy atom. The highest BCUT2D eigenvalue weighted by Crippen LogP contribution is 2.50. The van der Waals surface area contributed by atoms with E-state index in [0.717, 1.165) is 12.8 Å². The zero-order valence-electron chi connectivity index (χ0n) is 48.1. The minimum absolute atomic E-state index is 0.00382. The molecule has 436 valence electrons. The number of amides is 3. The van der Waals surface area contributed by atoms with Gasteiger partial charge in [-0.05, 0) is 92.0 Å². The third-order valence-corrected chi connectivity index (χ3v) is 14.6. The smallest absolute Gasteiger partial charge is 0.330 e. The van der Waals surface area contributed by atoms with Gasteiger partial charge in [-0.25, -0.2) is 24.2 Å². The number of esters is 1. The molecule has 1 aliphatic heterocycles. The van der Waals surface area contributed by atoms with Crippen LogP contribution in [0.2, 0.25) is 0 Å². The monoisotopic (exact) mass is 1130 g/mol. The number of nitrogens with zero attached hydrogens (tertiary/aromatic N) is 7. The molecule has 0 spiro atoms. The number of fused-ring (bicyclic) bond motifs is 1. The van der Waals surface area contributed by atoms with Gasteiger partial charge < -0.3 is 38.6 Å². The number of carbonyl (C=O) groups excluding carboxylic acids is 5. The Kier molecular flexibility index (Phi) is 23.6. The number of hydrogen-bond donors (Lipinski definition) is 5. The lowest BCUT2D eigenvalue weighted by molar-refractivity contribution is -0.157. The van der Waals surface area contributed by atoms with Crippen molar-refractivity contribution >= 4 is 60.8 Å². The van der Waals surface area contributed by atoms with Crippen LogP contribution in [0.15, 0.2) is 57.1 Å². The average molecular weight is 1140 g/mol. The van der Waals surface area contributed by atoms with Crippen LogP contribution in [0.1, 0.15) is 149 Å². The second kappa shape index (κ2) is 30.2. The molecule has 25 nitrogen and oxygen atoms in total. The number of Topliss-reactive ketones (excluding diaryl/α,β-unsaturated/α-hetero) is 1. The molecular formula is C54H76N11O14P. The van der Waals surface area contributed by atoms with Crippen LogP contribution >= 0.6 is 8.53 Å². The number of aromatic amines is 2. The lowest BCUT2D eigenvalue weighted by atomic mass is 10.0. The molecule has 26 heteroatoms. The molecule has 5 N–H and O–H groups in total. The van der Waals surface area contributed by atoms with Crippen molar-refractivity contribution in [3.05, 3.63) is 85.2 Å². The van der Waals surface area contributed by atoms with E-state index >= 15 is 0 Å². The molecule has 3 aromatic heterocycles. The number of aliphatic hydroxyl groups excluding tert-OH is 1. The zero-order chi connectivity index (χ0) is 59.6. The van der Waals surface area contributed by atoms with Crippen molar-refractivity contribution in [3.63, 3.8) is 0 Å². The van der Waals surface area contributed by atoms with Crippen molar-refractivity contribution in [2.24, 2.45) is 5.92 Å². The molecule has 5 rings (SSSR count). The van der Waals surface area contributed by atoms with E-state index in [9.17, 15) is 43.6 Å². The Morgan fingerprint density at radius 3 is 2.27 bits per heavy atom. The molecule has 0 radical (unpaired) electrons. The van der Waals surface area contributed by atoms with Crippen molar-refractivity contribution in [1.82, 2.24) is 39.5 Å². The minimum atomic E-state index is -1.81. The van der Waals surface area contributed by atoms with Crippen LogP contribution in [0.4, 0.5) is 11.6 Å². The Balaban J connectivity index is 1.15. The van der Waals surface area contributed by atoms with E-state index in [0.29, 0.717) is 24.9 Å². The number of rotatable bonds is 31. The molecule has 4 aromatic rings. The van der Waals surface area contributed by atoms with Gasteiger partial charge in [0.1, 0.15) is 35.7 Å². The number of ether oxygens (including phenoxy) is 3. The average Bonchev–Trinajstić information content (AvgIpc) is 3.76. The summed E-state index contributed by atoms with van der Waals surface area (Å²) in [5, 5.41) is 19.3. The van der Waals surface area contributed by atoms with Crippen LogP contribution in [0.5, 0.6) is 0 Å². The van der Waals surface area contributed by atoms with Gasteiger partial charge in [0.15, 0.2) is 17.4 Å². The van der Waals surface area contributed by atoms with Gasteiger partial charge in [-0.1, -0.05) is 33.1 Å². The Bertz CT molecular complexity index is 2990.